The highest BCUT2D eigenvalue weighted by Gasteiger charge is 2.09. The topological polar surface area (TPSA) is 56.0 Å². The van der Waals surface area contributed by atoms with Crippen LogP contribution < -0.4 is 5.73 Å². The van der Waals surface area contributed by atoms with Gasteiger partial charge in [0.05, 0.1) is 5.52 Å². The van der Waals surface area contributed by atoms with E-state index in [1.165, 1.54) is 0 Å². The molecule has 0 radical (unpaired) electrons. The zero-order valence-electron chi connectivity index (χ0n) is 9.02. The molecule has 3 heteroatoms. The molecule has 0 saturated carbocycles. The molecule has 0 aliphatic heterocycles. The number of carbonyl (C=O) groups excluding carboxylic acids is 1. The summed E-state index contributed by atoms with van der Waals surface area (Å²) in [7, 11) is 0. The maximum atomic E-state index is 11.9. The fourth-order valence-corrected chi connectivity index (χ4v) is 1.74. The Balaban J connectivity index is 2.40. The molecule has 2 rings (SSSR count). The van der Waals surface area contributed by atoms with Crippen molar-refractivity contribution in [2.45, 2.75) is 12.8 Å². The van der Waals surface area contributed by atoms with Crippen molar-refractivity contribution in [3.05, 3.63) is 42.1 Å². The van der Waals surface area contributed by atoms with E-state index in [-0.39, 0.29) is 5.78 Å². The van der Waals surface area contributed by atoms with Crippen LogP contribution in [0.2, 0.25) is 0 Å². The van der Waals surface area contributed by atoms with Crippen LogP contribution in [0.5, 0.6) is 0 Å². The molecule has 1 aromatic carbocycles. The van der Waals surface area contributed by atoms with E-state index in [1.807, 2.05) is 30.3 Å². The van der Waals surface area contributed by atoms with Gasteiger partial charge in [-0.25, -0.2) is 0 Å². The molecule has 0 spiro atoms. The fourth-order valence-electron chi connectivity index (χ4n) is 1.74. The molecular weight excluding hydrogens is 200 g/mol. The van der Waals surface area contributed by atoms with Gasteiger partial charge in [-0.15, -0.1) is 0 Å². The third-order valence-electron chi connectivity index (χ3n) is 2.55. The molecule has 2 N–H and O–H groups in total. The van der Waals surface area contributed by atoms with Gasteiger partial charge in [-0.05, 0) is 25.1 Å². The molecule has 0 unspecified atom stereocenters. The SMILES string of the molecule is NCCCC(=O)c1cccc2ncccc12. The van der Waals surface area contributed by atoms with E-state index in [1.54, 1.807) is 6.20 Å². The molecule has 3 nitrogen and oxygen atoms in total. The number of benzene rings is 1. The first kappa shape index (κ1) is 10.8. The van der Waals surface area contributed by atoms with E-state index in [9.17, 15) is 4.79 Å². The smallest absolute Gasteiger partial charge is 0.163 e. The summed E-state index contributed by atoms with van der Waals surface area (Å²) in [4.78, 5) is 16.2. The number of nitrogens with two attached hydrogens (primary N) is 1. The molecule has 0 aliphatic carbocycles. The molecule has 0 atom stereocenters. The predicted molar refractivity (Wildman–Crippen MR) is 64.4 cm³/mol. The highest BCUT2D eigenvalue weighted by Crippen LogP contribution is 2.18. The largest absolute Gasteiger partial charge is 0.330 e. The summed E-state index contributed by atoms with van der Waals surface area (Å²) in [6.45, 7) is 0.550. The standard InChI is InChI=1S/C13H14N2O/c14-8-2-7-13(16)11-4-1-6-12-10(11)5-3-9-15-12/h1,3-6,9H,2,7-8,14H2. The number of aromatic nitrogens is 1. The number of pyridine rings is 1. The van der Waals surface area contributed by atoms with Gasteiger partial charge in [-0.2, -0.15) is 0 Å². The Hall–Kier alpha value is -1.74. The summed E-state index contributed by atoms with van der Waals surface area (Å²) in [6.07, 6.45) is 2.97. The average Bonchev–Trinajstić information content (AvgIpc) is 2.35. The van der Waals surface area contributed by atoms with E-state index in [2.05, 4.69) is 4.98 Å². The van der Waals surface area contributed by atoms with Gasteiger partial charge in [0.2, 0.25) is 0 Å². The van der Waals surface area contributed by atoms with Crippen LogP contribution in [0.15, 0.2) is 36.5 Å². The van der Waals surface area contributed by atoms with Gasteiger partial charge in [0, 0.05) is 23.6 Å². The van der Waals surface area contributed by atoms with Crippen LogP contribution >= 0.6 is 0 Å². The molecule has 1 aromatic heterocycles. The van der Waals surface area contributed by atoms with Crippen molar-refractivity contribution < 1.29 is 4.79 Å². The Kier molecular flexibility index (Phi) is 3.27. The zero-order valence-corrected chi connectivity index (χ0v) is 9.02. The van der Waals surface area contributed by atoms with Gasteiger partial charge >= 0.3 is 0 Å². The van der Waals surface area contributed by atoms with E-state index >= 15 is 0 Å². The highest BCUT2D eigenvalue weighted by atomic mass is 16.1. The van der Waals surface area contributed by atoms with Gasteiger partial charge in [-0.1, -0.05) is 18.2 Å². The van der Waals surface area contributed by atoms with Crippen LogP contribution in [0.3, 0.4) is 0 Å². The Morgan fingerprint density at radius 1 is 1.25 bits per heavy atom. The first-order chi connectivity index (χ1) is 7.83. The second-order valence-corrected chi connectivity index (χ2v) is 3.69. The normalized spacial score (nSPS) is 10.6. The first-order valence-corrected chi connectivity index (χ1v) is 5.40. The number of Topliss-reactive ketones (excluding diaryl/α,β-unsaturated/α-hetero) is 1. The second kappa shape index (κ2) is 4.86. The Bertz CT molecular complexity index is 503. The monoisotopic (exact) mass is 214 g/mol. The lowest BCUT2D eigenvalue weighted by molar-refractivity contribution is 0.0982. The van der Waals surface area contributed by atoms with Gasteiger partial charge < -0.3 is 5.73 Å². The van der Waals surface area contributed by atoms with Crippen molar-refractivity contribution >= 4 is 16.7 Å². The molecule has 0 amide bonds. The van der Waals surface area contributed by atoms with Crippen molar-refractivity contribution in [2.75, 3.05) is 6.54 Å². The predicted octanol–water partition coefficient (Wildman–Crippen LogP) is 2.16. The van der Waals surface area contributed by atoms with Crippen LogP contribution in [0.4, 0.5) is 0 Å². The van der Waals surface area contributed by atoms with Gasteiger partial charge in [0.15, 0.2) is 5.78 Å². The van der Waals surface area contributed by atoms with E-state index in [0.717, 1.165) is 22.9 Å². The summed E-state index contributed by atoms with van der Waals surface area (Å²) >= 11 is 0. The van der Waals surface area contributed by atoms with Gasteiger partial charge in [0.25, 0.3) is 0 Å². The van der Waals surface area contributed by atoms with Gasteiger partial charge in [0.1, 0.15) is 0 Å². The van der Waals surface area contributed by atoms with Crippen LogP contribution in [-0.4, -0.2) is 17.3 Å². The number of ketones is 1. The number of hydrogen-bond acceptors (Lipinski definition) is 3. The first-order valence-electron chi connectivity index (χ1n) is 5.40. The third kappa shape index (κ3) is 2.09. The lowest BCUT2D eigenvalue weighted by Crippen LogP contribution is -2.05. The van der Waals surface area contributed by atoms with Crippen molar-refractivity contribution in [1.29, 1.82) is 0 Å². The van der Waals surface area contributed by atoms with Crippen LogP contribution in [-0.2, 0) is 0 Å². The summed E-state index contributed by atoms with van der Waals surface area (Å²) in [5.74, 6) is 0.143. The minimum atomic E-state index is 0.143. The molecule has 0 saturated heterocycles. The number of fused-ring (bicyclic) bond motifs is 1. The molecule has 0 aliphatic rings. The highest BCUT2D eigenvalue weighted by molar-refractivity contribution is 6.07. The van der Waals surface area contributed by atoms with Crippen molar-refractivity contribution in [3.8, 4) is 0 Å². The molecule has 2 aromatic rings. The Morgan fingerprint density at radius 2 is 2.12 bits per heavy atom. The summed E-state index contributed by atoms with van der Waals surface area (Å²) < 4.78 is 0. The maximum absolute atomic E-state index is 11.9. The zero-order chi connectivity index (χ0) is 11.4. The summed E-state index contributed by atoms with van der Waals surface area (Å²) in [5.41, 5.74) is 7.01. The van der Waals surface area contributed by atoms with E-state index < -0.39 is 0 Å². The fraction of sp³-hybridized carbons (Fsp3) is 0.231. The maximum Gasteiger partial charge on any atom is 0.163 e. The van der Waals surface area contributed by atoms with Crippen molar-refractivity contribution in [3.63, 3.8) is 0 Å². The second-order valence-electron chi connectivity index (χ2n) is 3.69. The van der Waals surface area contributed by atoms with Crippen LogP contribution in [0, 0.1) is 0 Å². The molecule has 1 heterocycles. The van der Waals surface area contributed by atoms with E-state index in [4.69, 9.17) is 5.73 Å². The Labute approximate surface area is 94.3 Å². The summed E-state index contributed by atoms with van der Waals surface area (Å²) in [6, 6.07) is 9.41. The molecule has 0 bridgehead atoms. The molecule has 16 heavy (non-hydrogen) atoms. The lowest BCUT2D eigenvalue weighted by atomic mass is 10.0. The van der Waals surface area contributed by atoms with Crippen molar-refractivity contribution in [2.24, 2.45) is 5.73 Å². The number of hydrogen-bond donors (Lipinski definition) is 1. The molecular formula is C13H14N2O. The summed E-state index contributed by atoms with van der Waals surface area (Å²) in [5, 5.41) is 0.923. The number of rotatable bonds is 4. The lowest BCUT2D eigenvalue weighted by Gasteiger charge is -2.04. The Morgan fingerprint density at radius 3 is 2.94 bits per heavy atom. The molecule has 0 fully saturated rings. The van der Waals surface area contributed by atoms with Crippen molar-refractivity contribution in [1.82, 2.24) is 4.98 Å². The number of nitrogens with zero attached hydrogens (tertiary/aromatic N) is 1. The van der Waals surface area contributed by atoms with E-state index in [0.29, 0.717) is 13.0 Å². The number of carbonyl (C=O) groups is 1. The average molecular weight is 214 g/mol. The quantitative estimate of drug-likeness (QED) is 0.793. The third-order valence-corrected chi connectivity index (χ3v) is 2.55. The van der Waals surface area contributed by atoms with Gasteiger partial charge in [-0.3, -0.25) is 9.78 Å². The minimum Gasteiger partial charge on any atom is -0.330 e. The minimum absolute atomic E-state index is 0.143. The van der Waals surface area contributed by atoms with Crippen LogP contribution in [0.25, 0.3) is 10.9 Å². The molecule has 82 valence electrons. The van der Waals surface area contributed by atoms with Crippen LogP contribution in [0.1, 0.15) is 23.2 Å².